The van der Waals surface area contributed by atoms with E-state index in [1.165, 1.54) is 0 Å². The maximum atomic E-state index is 9.56. The van der Waals surface area contributed by atoms with E-state index in [1.54, 1.807) is 6.92 Å². The summed E-state index contributed by atoms with van der Waals surface area (Å²) < 4.78 is 5.66. The average molecular weight is 223 g/mol. The highest BCUT2D eigenvalue weighted by Crippen LogP contribution is 2.24. The first-order valence-corrected chi connectivity index (χ1v) is 5.66. The van der Waals surface area contributed by atoms with Crippen LogP contribution in [0.3, 0.4) is 0 Å². The summed E-state index contributed by atoms with van der Waals surface area (Å²) in [5.74, 6) is 0.788. The second-order valence-corrected chi connectivity index (χ2v) is 4.22. The molecule has 0 aliphatic rings. The lowest BCUT2D eigenvalue weighted by Gasteiger charge is -2.14. The lowest BCUT2D eigenvalue weighted by Crippen LogP contribution is -2.15. The minimum absolute atomic E-state index is 0.481. The van der Waals surface area contributed by atoms with Gasteiger partial charge in [0.15, 0.2) is 0 Å². The van der Waals surface area contributed by atoms with Crippen LogP contribution >= 0.6 is 0 Å². The number of nitrogens with zero attached hydrogens (tertiary/aromatic N) is 1. The molecule has 16 heavy (non-hydrogen) atoms. The van der Waals surface area contributed by atoms with Crippen LogP contribution in [0, 0.1) is 0 Å². The first-order chi connectivity index (χ1) is 7.61. The van der Waals surface area contributed by atoms with Gasteiger partial charge in [0.05, 0.1) is 12.7 Å². The summed E-state index contributed by atoms with van der Waals surface area (Å²) in [4.78, 5) is 2.13. The van der Waals surface area contributed by atoms with Crippen molar-refractivity contribution in [3.05, 3.63) is 29.8 Å². The molecule has 0 bridgehead atoms. The molecule has 1 N–H and O–H groups in total. The normalized spacial score (nSPS) is 12.8. The molecule has 90 valence electrons. The SMILES string of the molecule is C[C@@H](O)c1ccccc1OCCCN(C)C. The molecule has 0 fully saturated rings. The van der Waals surface area contributed by atoms with E-state index < -0.39 is 6.10 Å². The van der Waals surface area contributed by atoms with Crippen LogP contribution < -0.4 is 4.74 Å². The first kappa shape index (κ1) is 13.0. The van der Waals surface area contributed by atoms with E-state index in [1.807, 2.05) is 38.4 Å². The van der Waals surface area contributed by atoms with Crippen molar-refractivity contribution in [2.45, 2.75) is 19.4 Å². The van der Waals surface area contributed by atoms with Gasteiger partial charge in [-0.05, 0) is 33.5 Å². The fourth-order valence-electron chi connectivity index (χ4n) is 1.52. The van der Waals surface area contributed by atoms with Gasteiger partial charge in [-0.1, -0.05) is 18.2 Å². The molecule has 1 rings (SSSR count). The Morgan fingerprint density at radius 3 is 2.62 bits per heavy atom. The minimum atomic E-state index is -0.481. The predicted octanol–water partition coefficient (Wildman–Crippen LogP) is 2.07. The number of hydrogen-bond donors (Lipinski definition) is 1. The zero-order valence-electron chi connectivity index (χ0n) is 10.3. The van der Waals surface area contributed by atoms with E-state index in [0.29, 0.717) is 6.61 Å². The Labute approximate surface area is 97.7 Å². The highest BCUT2D eigenvalue weighted by molar-refractivity contribution is 5.34. The van der Waals surface area contributed by atoms with Gasteiger partial charge >= 0.3 is 0 Å². The number of aliphatic hydroxyl groups is 1. The Kier molecular flexibility index (Phi) is 5.29. The second kappa shape index (κ2) is 6.51. The van der Waals surface area contributed by atoms with Gasteiger partial charge in [0.1, 0.15) is 5.75 Å². The van der Waals surface area contributed by atoms with Crippen LogP contribution in [0.25, 0.3) is 0 Å². The van der Waals surface area contributed by atoms with E-state index in [2.05, 4.69) is 4.90 Å². The summed E-state index contributed by atoms with van der Waals surface area (Å²) in [6.07, 6.45) is 0.506. The molecule has 1 aromatic carbocycles. The summed E-state index contributed by atoms with van der Waals surface area (Å²) in [6.45, 7) is 3.45. The molecule has 3 nitrogen and oxygen atoms in total. The van der Waals surface area contributed by atoms with E-state index in [9.17, 15) is 5.11 Å². The van der Waals surface area contributed by atoms with Crippen LogP contribution in [0.1, 0.15) is 25.0 Å². The van der Waals surface area contributed by atoms with Crippen LogP contribution in [-0.2, 0) is 0 Å². The molecule has 3 heteroatoms. The monoisotopic (exact) mass is 223 g/mol. The van der Waals surface area contributed by atoms with E-state index >= 15 is 0 Å². The van der Waals surface area contributed by atoms with Crippen molar-refractivity contribution in [2.75, 3.05) is 27.2 Å². The van der Waals surface area contributed by atoms with Gasteiger partial charge in [-0.25, -0.2) is 0 Å². The summed E-state index contributed by atoms with van der Waals surface area (Å²) in [5, 5.41) is 9.56. The maximum Gasteiger partial charge on any atom is 0.125 e. The largest absolute Gasteiger partial charge is 0.493 e. The first-order valence-electron chi connectivity index (χ1n) is 5.66. The molecule has 0 aliphatic heterocycles. The van der Waals surface area contributed by atoms with E-state index in [0.717, 1.165) is 24.3 Å². The number of aliphatic hydroxyl groups excluding tert-OH is 1. The van der Waals surface area contributed by atoms with Gasteiger partial charge in [-0.15, -0.1) is 0 Å². The van der Waals surface area contributed by atoms with Gasteiger partial charge in [-0.2, -0.15) is 0 Å². The van der Waals surface area contributed by atoms with Gasteiger partial charge in [0.2, 0.25) is 0 Å². The summed E-state index contributed by atoms with van der Waals surface area (Å²) >= 11 is 0. The highest BCUT2D eigenvalue weighted by atomic mass is 16.5. The van der Waals surface area contributed by atoms with Gasteiger partial charge in [0.25, 0.3) is 0 Å². The summed E-state index contributed by atoms with van der Waals surface area (Å²) in [6, 6.07) is 7.63. The van der Waals surface area contributed by atoms with Crippen LogP contribution in [-0.4, -0.2) is 37.3 Å². The molecule has 0 aromatic heterocycles. The lowest BCUT2D eigenvalue weighted by atomic mass is 10.1. The quantitative estimate of drug-likeness (QED) is 0.749. The van der Waals surface area contributed by atoms with Crippen LogP contribution in [0.15, 0.2) is 24.3 Å². The zero-order valence-corrected chi connectivity index (χ0v) is 10.3. The second-order valence-electron chi connectivity index (χ2n) is 4.22. The Hall–Kier alpha value is -1.06. The molecular weight excluding hydrogens is 202 g/mol. The Morgan fingerprint density at radius 2 is 2.00 bits per heavy atom. The molecule has 1 atom stereocenters. The average Bonchev–Trinajstić information content (AvgIpc) is 2.24. The lowest BCUT2D eigenvalue weighted by molar-refractivity contribution is 0.190. The molecule has 0 unspecified atom stereocenters. The number of rotatable bonds is 6. The standard InChI is InChI=1S/C13H21NO2/c1-11(15)12-7-4-5-8-13(12)16-10-6-9-14(2)3/h4-5,7-8,11,15H,6,9-10H2,1-3H3/t11-/m1/s1. The third kappa shape index (κ3) is 4.21. The molecule has 0 saturated heterocycles. The Balaban J connectivity index is 2.47. The van der Waals surface area contributed by atoms with Crippen LogP contribution in [0.5, 0.6) is 5.75 Å². The van der Waals surface area contributed by atoms with Crippen molar-refractivity contribution < 1.29 is 9.84 Å². The van der Waals surface area contributed by atoms with Crippen molar-refractivity contribution in [1.82, 2.24) is 4.90 Å². The van der Waals surface area contributed by atoms with Crippen molar-refractivity contribution in [3.63, 3.8) is 0 Å². The van der Waals surface area contributed by atoms with Crippen molar-refractivity contribution >= 4 is 0 Å². The van der Waals surface area contributed by atoms with Crippen LogP contribution in [0.2, 0.25) is 0 Å². The van der Waals surface area contributed by atoms with Gasteiger partial charge in [-0.3, -0.25) is 0 Å². The molecule has 0 radical (unpaired) electrons. The number of hydrogen-bond acceptors (Lipinski definition) is 3. The molecule has 0 spiro atoms. The fourth-order valence-corrected chi connectivity index (χ4v) is 1.52. The molecule has 0 amide bonds. The Morgan fingerprint density at radius 1 is 1.31 bits per heavy atom. The molecule has 0 saturated carbocycles. The third-order valence-corrected chi connectivity index (χ3v) is 2.38. The summed E-state index contributed by atoms with van der Waals surface area (Å²) in [7, 11) is 4.09. The number of para-hydroxylation sites is 1. The smallest absolute Gasteiger partial charge is 0.125 e. The van der Waals surface area contributed by atoms with Crippen molar-refractivity contribution in [1.29, 1.82) is 0 Å². The molecule has 0 heterocycles. The molecular formula is C13H21NO2. The minimum Gasteiger partial charge on any atom is -0.493 e. The number of ether oxygens (including phenoxy) is 1. The molecule has 0 aliphatic carbocycles. The maximum absolute atomic E-state index is 9.56. The third-order valence-electron chi connectivity index (χ3n) is 2.38. The summed E-state index contributed by atoms with van der Waals surface area (Å²) in [5.41, 5.74) is 0.854. The highest BCUT2D eigenvalue weighted by Gasteiger charge is 2.07. The van der Waals surface area contributed by atoms with E-state index in [-0.39, 0.29) is 0 Å². The predicted molar refractivity (Wildman–Crippen MR) is 65.7 cm³/mol. The topological polar surface area (TPSA) is 32.7 Å². The number of benzene rings is 1. The molecule has 1 aromatic rings. The van der Waals surface area contributed by atoms with Gasteiger partial charge < -0.3 is 14.7 Å². The zero-order chi connectivity index (χ0) is 12.0. The Bertz CT molecular complexity index is 311. The van der Waals surface area contributed by atoms with Crippen LogP contribution in [0.4, 0.5) is 0 Å². The van der Waals surface area contributed by atoms with Crippen molar-refractivity contribution in [3.8, 4) is 5.75 Å². The van der Waals surface area contributed by atoms with Crippen molar-refractivity contribution in [2.24, 2.45) is 0 Å². The van der Waals surface area contributed by atoms with Gasteiger partial charge in [0, 0.05) is 12.1 Å². The fraction of sp³-hybridized carbons (Fsp3) is 0.538. The van der Waals surface area contributed by atoms with E-state index in [4.69, 9.17) is 4.74 Å².